The van der Waals surface area contributed by atoms with Gasteiger partial charge in [0.2, 0.25) is 5.91 Å². The second-order valence-electron chi connectivity index (χ2n) is 6.52. The first-order valence-electron chi connectivity index (χ1n) is 6.84. The van der Waals surface area contributed by atoms with Crippen molar-refractivity contribution in [3.8, 4) is 0 Å². The van der Waals surface area contributed by atoms with E-state index < -0.39 is 0 Å². The van der Waals surface area contributed by atoms with Gasteiger partial charge in [-0.25, -0.2) is 0 Å². The SMILES string of the molecule is CC(C)CC(C)CC(=O)N1CCC(C)(CN)C1. The van der Waals surface area contributed by atoms with E-state index in [-0.39, 0.29) is 5.41 Å². The van der Waals surface area contributed by atoms with Crippen molar-refractivity contribution in [1.82, 2.24) is 4.90 Å². The molecule has 3 nitrogen and oxygen atoms in total. The van der Waals surface area contributed by atoms with Gasteiger partial charge in [0.15, 0.2) is 0 Å². The third-order valence-corrected chi connectivity index (χ3v) is 3.80. The fourth-order valence-corrected chi connectivity index (χ4v) is 2.72. The Labute approximate surface area is 106 Å². The molecule has 17 heavy (non-hydrogen) atoms. The van der Waals surface area contributed by atoms with Crippen molar-refractivity contribution in [3.05, 3.63) is 0 Å². The Bertz CT molecular complexity index is 265. The predicted octanol–water partition coefficient (Wildman–Crippen LogP) is 2.26. The molecule has 1 amide bonds. The van der Waals surface area contributed by atoms with Crippen LogP contribution >= 0.6 is 0 Å². The van der Waals surface area contributed by atoms with E-state index in [0.717, 1.165) is 25.9 Å². The Morgan fingerprint density at radius 3 is 2.53 bits per heavy atom. The Kier molecular flexibility index (Phi) is 4.99. The van der Waals surface area contributed by atoms with Crippen molar-refractivity contribution in [3.63, 3.8) is 0 Å². The molecule has 1 aliphatic rings. The maximum absolute atomic E-state index is 12.1. The van der Waals surface area contributed by atoms with Crippen LogP contribution in [0.5, 0.6) is 0 Å². The average Bonchev–Trinajstić information content (AvgIpc) is 2.60. The molecule has 1 fully saturated rings. The number of nitrogens with two attached hydrogens (primary N) is 1. The topological polar surface area (TPSA) is 46.3 Å². The number of carbonyl (C=O) groups excluding carboxylic acids is 1. The number of likely N-dealkylation sites (tertiary alicyclic amines) is 1. The van der Waals surface area contributed by atoms with Crippen LogP contribution in [0.3, 0.4) is 0 Å². The second-order valence-corrected chi connectivity index (χ2v) is 6.52. The molecule has 0 bridgehead atoms. The van der Waals surface area contributed by atoms with E-state index in [1.165, 1.54) is 0 Å². The third-order valence-electron chi connectivity index (χ3n) is 3.80. The fraction of sp³-hybridized carbons (Fsp3) is 0.929. The van der Waals surface area contributed by atoms with Crippen LogP contribution in [-0.4, -0.2) is 30.4 Å². The molecule has 2 N–H and O–H groups in total. The molecule has 1 rings (SSSR count). The molecule has 1 saturated heterocycles. The maximum atomic E-state index is 12.1. The zero-order valence-electron chi connectivity index (χ0n) is 11.8. The van der Waals surface area contributed by atoms with Crippen LogP contribution in [0.1, 0.15) is 47.0 Å². The minimum Gasteiger partial charge on any atom is -0.342 e. The van der Waals surface area contributed by atoms with Crippen molar-refractivity contribution in [2.24, 2.45) is 23.0 Å². The van der Waals surface area contributed by atoms with Gasteiger partial charge in [-0.05, 0) is 36.6 Å². The van der Waals surface area contributed by atoms with E-state index in [4.69, 9.17) is 5.73 Å². The first kappa shape index (κ1) is 14.5. The molecule has 0 aromatic rings. The average molecular weight is 240 g/mol. The molecule has 3 heteroatoms. The molecular weight excluding hydrogens is 212 g/mol. The summed E-state index contributed by atoms with van der Waals surface area (Å²) in [6.45, 7) is 11.2. The lowest BCUT2D eigenvalue weighted by Crippen LogP contribution is -2.35. The van der Waals surface area contributed by atoms with E-state index >= 15 is 0 Å². The van der Waals surface area contributed by atoms with Gasteiger partial charge in [0.25, 0.3) is 0 Å². The lowest BCUT2D eigenvalue weighted by atomic mass is 9.90. The number of amides is 1. The van der Waals surface area contributed by atoms with Gasteiger partial charge < -0.3 is 10.6 Å². The number of carbonyl (C=O) groups is 1. The third kappa shape index (κ3) is 4.30. The van der Waals surface area contributed by atoms with Crippen LogP contribution in [0.2, 0.25) is 0 Å². The van der Waals surface area contributed by atoms with Crippen LogP contribution in [-0.2, 0) is 4.79 Å². The van der Waals surface area contributed by atoms with Gasteiger partial charge in [0.1, 0.15) is 0 Å². The summed E-state index contributed by atoms with van der Waals surface area (Å²) in [7, 11) is 0. The molecule has 0 aliphatic carbocycles. The lowest BCUT2D eigenvalue weighted by molar-refractivity contribution is -0.131. The van der Waals surface area contributed by atoms with Crippen molar-refractivity contribution in [2.45, 2.75) is 47.0 Å². The van der Waals surface area contributed by atoms with Crippen LogP contribution in [0, 0.1) is 17.3 Å². The minimum atomic E-state index is 0.150. The van der Waals surface area contributed by atoms with Gasteiger partial charge >= 0.3 is 0 Å². The summed E-state index contributed by atoms with van der Waals surface area (Å²) in [4.78, 5) is 14.1. The van der Waals surface area contributed by atoms with Crippen molar-refractivity contribution < 1.29 is 4.79 Å². The van der Waals surface area contributed by atoms with Gasteiger partial charge in [-0.2, -0.15) is 0 Å². The van der Waals surface area contributed by atoms with Crippen molar-refractivity contribution in [2.75, 3.05) is 19.6 Å². The van der Waals surface area contributed by atoms with Gasteiger partial charge in [0.05, 0.1) is 0 Å². The Morgan fingerprint density at radius 2 is 2.06 bits per heavy atom. The highest BCUT2D eigenvalue weighted by Crippen LogP contribution is 2.29. The summed E-state index contributed by atoms with van der Waals surface area (Å²) < 4.78 is 0. The first-order valence-corrected chi connectivity index (χ1v) is 6.84. The summed E-state index contributed by atoms with van der Waals surface area (Å²) in [5, 5.41) is 0. The molecule has 0 radical (unpaired) electrons. The van der Waals surface area contributed by atoms with Crippen molar-refractivity contribution >= 4 is 5.91 Å². The summed E-state index contributed by atoms with van der Waals surface area (Å²) in [5.74, 6) is 1.48. The summed E-state index contributed by atoms with van der Waals surface area (Å²) >= 11 is 0. The van der Waals surface area contributed by atoms with Crippen LogP contribution in [0.25, 0.3) is 0 Å². The highest BCUT2D eigenvalue weighted by molar-refractivity contribution is 5.76. The molecule has 2 atom stereocenters. The Balaban J connectivity index is 2.39. The van der Waals surface area contributed by atoms with Crippen molar-refractivity contribution in [1.29, 1.82) is 0 Å². The summed E-state index contributed by atoms with van der Waals surface area (Å²) in [5.41, 5.74) is 5.91. The first-order chi connectivity index (χ1) is 7.86. The normalized spacial score (nSPS) is 26.6. The molecule has 0 aromatic heterocycles. The molecule has 1 heterocycles. The van der Waals surface area contributed by atoms with E-state index in [9.17, 15) is 4.79 Å². The van der Waals surface area contributed by atoms with Gasteiger partial charge in [-0.1, -0.05) is 27.7 Å². The molecule has 2 unspecified atom stereocenters. The molecule has 1 aliphatic heterocycles. The maximum Gasteiger partial charge on any atom is 0.222 e. The van der Waals surface area contributed by atoms with Gasteiger partial charge in [-0.15, -0.1) is 0 Å². The smallest absolute Gasteiger partial charge is 0.222 e. The zero-order valence-corrected chi connectivity index (χ0v) is 11.8. The van der Waals surface area contributed by atoms with E-state index in [1.54, 1.807) is 0 Å². The standard InChI is InChI=1S/C14H28N2O/c1-11(2)7-12(3)8-13(17)16-6-5-14(4,9-15)10-16/h11-12H,5-10,15H2,1-4H3. The number of hydrogen-bond donors (Lipinski definition) is 1. The van der Waals surface area contributed by atoms with E-state index in [1.807, 2.05) is 4.90 Å². The van der Waals surface area contributed by atoms with E-state index in [0.29, 0.717) is 30.7 Å². The molecule has 0 spiro atoms. The molecule has 0 saturated carbocycles. The number of rotatable bonds is 5. The van der Waals surface area contributed by atoms with Crippen LogP contribution in [0.4, 0.5) is 0 Å². The van der Waals surface area contributed by atoms with Gasteiger partial charge in [0, 0.05) is 19.5 Å². The van der Waals surface area contributed by atoms with Gasteiger partial charge in [-0.3, -0.25) is 4.79 Å². The Hall–Kier alpha value is -0.570. The Morgan fingerprint density at radius 1 is 1.41 bits per heavy atom. The fourth-order valence-electron chi connectivity index (χ4n) is 2.72. The van der Waals surface area contributed by atoms with Crippen LogP contribution in [0.15, 0.2) is 0 Å². The second kappa shape index (κ2) is 5.85. The largest absolute Gasteiger partial charge is 0.342 e. The molecule has 0 aromatic carbocycles. The predicted molar refractivity (Wildman–Crippen MR) is 71.6 cm³/mol. The minimum absolute atomic E-state index is 0.150. The molecule has 100 valence electrons. The number of hydrogen-bond acceptors (Lipinski definition) is 2. The number of nitrogens with zero attached hydrogens (tertiary/aromatic N) is 1. The summed E-state index contributed by atoms with van der Waals surface area (Å²) in [6, 6.07) is 0. The highest BCUT2D eigenvalue weighted by Gasteiger charge is 2.34. The lowest BCUT2D eigenvalue weighted by Gasteiger charge is -2.23. The molecular formula is C14H28N2O. The summed E-state index contributed by atoms with van der Waals surface area (Å²) in [6.07, 6.45) is 2.88. The monoisotopic (exact) mass is 240 g/mol. The quantitative estimate of drug-likeness (QED) is 0.801. The highest BCUT2D eigenvalue weighted by atomic mass is 16.2. The van der Waals surface area contributed by atoms with E-state index in [2.05, 4.69) is 27.7 Å². The van der Waals surface area contributed by atoms with Crippen LogP contribution < -0.4 is 5.73 Å². The zero-order chi connectivity index (χ0) is 13.1.